The summed E-state index contributed by atoms with van der Waals surface area (Å²) in [7, 11) is 1.31. The van der Waals surface area contributed by atoms with E-state index < -0.39 is 11.9 Å². The number of benzene rings is 2. The SMILES string of the molecule is COC(=O)c1ccc(NC(=O)c2cc3c(=O)n4cc(C)ccc4nc3n2Cc2ccccc2)cc1. The molecule has 1 N–H and O–H groups in total. The summed E-state index contributed by atoms with van der Waals surface area (Å²) in [6.45, 7) is 2.27. The molecule has 0 saturated carbocycles. The highest BCUT2D eigenvalue weighted by Crippen LogP contribution is 2.21. The topological polar surface area (TPSA) is 94.7 Å². The number of rotatable bonds is 5. The van der Waals surface area contributed by atoms with E-state index in [1.807, 2.05) is 43.3 Å². The smallest absolute Gasteiger partial charge is 0.337 e. The highest BCUT2D eigenvalue weighted by Gasteiger charge is 2.20. The van der Waals surface area contributed by atoms with Crippen LogP contribution in [-0.4, -0.2) is 32.9 Å². The molecule has 2 aromatic carbocycles. The number of nitrogens with zero attached hydrogens (tertiary/aromatic N) is 3. The summed E-state index contributed by atoms with van der Waals surface area (Å²) in [5.41, 5.74) is 3.78. The average Bonchev–Trinajstić information content (AvgIpc) is 3.23. The number of carbonyl (C=O) groups is 2. The third-order valence-electron chi connectivity index (χ3n) is 5.79. The third kappa shape index (κ3) is 4.17. The lowest BCUT2D eigenvalue weighted by molar-refractivity contribution is 0.0600. The second-order valence-electron chi connectivity index (χ2n) is 8.21. The van der Waals surface area contributed by atoms with Gasteiger partial charge in [0.25, 0.3) is 11.5 Å². The van der Waals surface area contributed by atoms with Crippen LogP contribution in [-0.2, 0) is 11.3 Å². The van der Waals surface area contributed by atoms with Crippen molar-refractivity contribution in [3.05, 3.63) is 112 Å². The van der Waals surface area contributed by atoms with Crippen molar-refractivity contribution in [3.8, 4) is 0 Å². The minimum absolute atomic E-state index is 0.239. The van der Waals surface area contributed by atoms with E-state index in [4.69, 9.17) is 9.72 Å². The normalized spacial score (nSPS) is 11.0. The number of aryl methyl sites for hydroxylation is 1. The van der Waals surface area contributed by atoms with Crippen LogP contribution < -0.4 is 10.9 Å². The van der Waals surface area contributed by atoms with Gasteiger partial charge in [-0.1, -0.05) is 36.4 Å². The minimum atomic E-state index is -0.459. The van der Waals surface area contributed by atoms with Gasteiger partial charge in [0, 0.05) is 18.4 Å². The first-order valence-electron chi connectivity index (χ1n) is 11.0. The number of pyridine rings is 1. The molecule has 3 aromatic heterocycles. The fraction of sp³-hybridized carbons (Fsp3) is 0.111. The summed E-state index contributed by atoms with van der Waals surface area (Å²) in [6.07, 6.45) is 1.74. The summed E-state index contributed by atoms with van der Waals surface area (Å²) >= 11 is 0. The van der Waals surface area contributed by atoms with Gasteiger partial charge in [-0.05, 0) is 54.4 Å². The van der Waals surface area contributed by atoms with Crippen LogP contribution in [0.2, 0.25) is 0 Å². The number of amides is 1. The van der Waals surface area contributed by atoms with Crippen LogP contribution in [0.3, 0.4) is 0 Å². The number of hydrogen-bond donors (Lipinski definition) is 1. The number of methoxy groups -OCH3 is 1. The zero-order valence-electron chi connectivity index (χ0n) is 19.2. The number of hydrogen-bond acceptors (Lipinski definition) is 5. The van der Waals surface area contributed by atoms with E-state index >= 15 is 0 Å². The van der Waals surface area contributed by atoms with Gasteiger partial charge < -0.3 is 14.6 Å². The molecule has 0 aliphatic rings. The van der Waals surface area contributed by atoms with E-state index in [-0.39, 0.29) is 5.56 Å². The van der Waals surface area contributed by atoms with Crippen LogP contribution >= 0.6 is 0 Å². The number of carbonyl (C=O) groups excluding carboxylic acids is 2. The molecule has 0 aliphatic heterocycles. The van der Waals surface area contributed by atoms with Crippen molar-refractivity contribution in [3.63, 3.8) is 0 Å². The van der Waals surface area contributed by atoms with Crippen molar-refractivity contribution in [1.82, 2.24) is 14.0 Å². The summed E-state index contributed by atoms with van der Waals surface area (Å²) < 4.78 is 7.97. The Morgan fingerprint density at radius 3 is 2.46 bits per heavy atom. The van der Waals surface area contributed by atoms with Crippen molar-refractivity contribution in [2.45, 2.75) is 13.5 Å². The van der Waals surface area contributed by atoms with Crippen molar-refractivity contribution in [2.24, 2.45) is 0 Å². The van der Waals surface area contributed by atoms with Crippen molar-refractivity contribution in [2.75, 3.05) is 12.4 Å². The number of aromatic nitrogens is 3. The Balaban J connectivity index is 1.61. The van der Waals surface area contributed by atoms with E-state index in [1.54, 1.807) is 47.2 Å². The molecular weight excluding hydrogens is 444 g/mol. The molecule has 5 rings (SSSR count). The third-order valence-corrected chi connectivity index (χ3v) is 5.79. The second-order valence-corrected chi connectivity index (χ2v) is 8.21. The van der Waals surface area contributed by atoms with Crippen LogP contribution in [0.1, 0.15) is 32.0 Å². The Bertz CT molecular complexity index is 1630. The van der Waals surface area contributed by atoms with Gasteiger partial charge in [-0.15, -0.1) is 0 Å². The van der Waals surface area contributed by atoms with Gasteiger partial charge >= 0.3 is 5.97 Å². The number of fused-ring (bicyclic) bond motifs is 2. The molecule has 0 aliphatic carbocycles. The predicted octanol–water partition coefficient (Wildman–Crippen LogP) is 4.04. The summed E-state index contributed by atoms with van der Waals surface area (Å²) in [6, 6.07) is 21.3. The molecule has 35 heavy (non-hydrogen) atoms. The molecule has 0 fully saturated rings. The maximum Gasteiger partial charge on any atom is 0.337 e. The first-order chi connectivity index (χ1) is 16.9. The van der Waals surface area contributed by atoms with Gasteiger partial charge in [-0.2, -0.15) is 0 Å². The van der Waals surface area contributed by atoms with Gasteiger partial charge in [0.15, 0.2) is 0 Å². The number of esters is 1. The van der Waals surface area contributed by atoms with Crippen molar-refractivity contribution >= 4 is 34.2 Å². The van der Waals surface area contributed by atoms with Gasteiger partial charge in [0.2, 0.25) is 0 Å². The van der Waals surface area contributed by atoms with E-state index in [0.29, 0.717) is 40.2 Å². The molecule has 0 radical (unpaired) electrons. The molecule has 174 valence electrons. The molecular formula is C27H22N4O4. The van der Waals surface area contributed by atoms with Crippen LogP contribution in [0.25, 0.3) is 16.7 Å². The van der Waals surface area contributed by atoms with E-state index in [1.165, 1.54) is 11.5 Å². The molecule has 1 amide bonds. The van der Waals surface area contributed by atoms with Gasteiger partial charge in [-0.3, -0.25) is 14.0 Å². The molecule has 8 nitrogen and oxygen atoms in total. The lowest BCUT2D eigenvalue weighted by Gasteiger charge is -2.12. The lowest BCUT2D eigenvalue weighted by Crippen LogP contribution is -2.18. The average molecular weight is 466 g/mol. The molecule has 0 atom stereocenters. The molecule has 3 heterocycles. The molecule has 0 unspecified atom stereocenters. The zero-order valence-corrected chi connectivity index (χ0v) is 19.2. The summed E-state index contributed by atoms with van der Waals surface area (Å²) in [4.78, 5) is 43.1. The molecule has 0 bridgehead atoms. The van der Waals surface area contributed by atoms with E-state index in [9.17, 15) is 14.4 Å². The van der Waals surface area contributed by atoms with Gasteiger partial charge in [0.1, 0.15) is 17.0 Å². The Hall–Kier alpha value is -4.72. The van der Waals surface area contributed by atoms with E-state index in [2.05, 4.69) is 5.32 Å². The van der Waals surface area contributed by atoms with Crippen molar-refractivity contribution in [1.29, 1.82) is 0 Å². The quantitative estimate of drug-likeness (QED) is 0.395. The Morgan fingerprint density at radius 1 is 1.00 bits per heavy atom. The molecule has 8 heteroatoms. The van der Waals surface area contributed by atoms with Crippen LogP contribution in [0, 0.1) is 6.92 Å². The summed E-state index contributed by atoms with van der Waals surface area (Å²) in [5, 5.41) is 3.21. The second kappa shape index (κ2) is 8.90. The van der Waals surface area contributed by atoms with Gasteiger partial charge in [-0.25, -0.2) is 9.78 Å². The number of anilines is 1. The number of ether oxygens (including phenoxy) is 1. The van der Waals surface area contributed by atoms with Crippen LogP contribution in [0.4, 0.5) is 5.69 Å². The van der Waals surface area contributed by atoms with Crippen LogP contribution in [0.15, 0.2) is 83.8 Å². The zero-order chi connectivity index (χ0) is 24.5. The monoisotopic (exact) mass is 466 g/mol. The summed E-state index contributed by atoms with van der Waals surface area (Å²) in [5.74, 6) is -0.853. The lowest BCUT2D eigenvalue weighted by atomic mass is 10.2. The fourth-order valence-corrected chi connectivity index (χ4v) is 4.02. The Morgan fingerprint density at radius 2 is 1.74 bits per heavy atom. The first kappa shape index (κ1) is 22.1. The van der Waals surface area contributed by atoms with E-state index in [0.717, 1.165) is 11.1 Å². The largest absolute Gasteiger partial charge is 0.465 e. The minimum Gasteiger partial charge on any atom is -0.465 e. The standard InChI is InChI=1S/C27H22N4O4/c1-17-8-13-23-29-24-21(26(33)31(23)15-17)14-22(30(24)16-18-6-4-3-5-7-18)25(32)28-20-11-9-19(10-12-20)27(34)35-2/h3-15H,16H2,1-2H3,(H,28,32). The first-order valence-corrected chi connectivity index (χ1v) is 11.0. The highest BCUT2D eigenvalue weighted by molar-refractivity contribution is 6.06. The maximum atomic E-state index is 13.4. The fourth-order valence-electron chi connectivity index (χ4n) is 4.02. The molecule has 0 saturated heterocycles. The van der Waals surface area contributed by atoms with Crippen molar-refractivity contribution < 1.29 is 14.3 Å². The van der Waals surface area contributed by atoms with Gasteiger partial charge in [0.05, 0.1) is 18.1 Å². The maximum absolute atomic E-state index is 13.4. The highest BCUT2D eigenvalue weighted by atomic mass is 16.5. The predicted molar refractivity (Wildman–Crippen MR) is 133 cm³/mol. The number of nitrogens with one attached hydrogen (secondary N) is 1. The molecule has 5 aromatic rings. The Kier molecular flexibility index (Phi) is 5.62. The van der Waals surface area contributed by atoms with Crippen LogP contribution in [0.5, 0.6) is 0 Å². The Labute approximate surface area is 200 Å². The molecule has 0 spiro atoms.